The van der Waals surface area contributed by atoms with Crippen LogP contribution >= 0.6 is 0 Å². The summed E-state index contributed by atoms with van der Waals surface area (Å²) < 4.78 is 0. The summed E-state index contributed by atoms with van der Waals surface area (Å²) in [6, 6.07) is 4.12. The van der Waals surface area contributed by atoms with E-state index in [1.54, 1.807) is 0 Å². The third-order valence-corrected chi connectivity index (χ3v) is 2.78. The van der Waals surface area contributed by atoms with Crippen LogP contribution in [0.3, 0.4) is 0 Å². The number of pyridine rings is 1. The van der Waals surface area contributed by atoms with Crippen LogP contribution in [0.2, 0.25) is 0 Å². The minimum absolute atomic E-state index is 0.0134. The van der Waals surface area contributed by atoms with Gasteiger partial charge in [-0.3, -0.25) is 4.98 Å². The molecule has 0 bridgehead atoms. The first-order valence-electron chi connectivity index (χ1n) is 6.07. The van der Waals surface area contributed by atoms with E-state index in [2.05, 4.69) is 29.9 Å². The van der Waals surface area contributed by atoms with E-state index in [0.717, 1.165) is 12.2 Å². The Morgan fingerprint density at radius 3 is 2.62 bits per heavy atom. The van der Waals surface area contributed by atoms with Crippen LogP contribution in [0.4, 0.5) is 5.69 Å². The Labute approximate surface area is 98.7 Å². The molecule has 0 aliphatic carbocycles. The summed E-state index contributed by atoms with van der Waals surface area (Å²) in [7, 11) is 2.11. The molecule has 0 aliphatic heterocycles. The highest BCUT2D eigenvalue weighted by atomic mass is 15.1. The lowest BCUT2D eigenvalue weighted by Crippen LogP contribution is -2.19. The quantitative estimate of drug-likeness (QED) is 0.751. The molecule has 90 valence electrons. The second-order valence-electron chi connectivity index (χ2n) is 4.36. The molecule has 0 fully saturated rings. The Balaban J connectivity index is 2.52. The first kappa shape index (κ1) is 13.0. The molecule has 0 spiro atoms. The molecule has 0 saturated heterocycles. The SMILES string of the molecule is CCCCCN(C)c1ccc([C@H](C)N)nc1. The summed E-state index contributed by atoms with van der Waals surface area (Å²) in [5.41, 5.74) is 7.88. The van der Waals surface area contributed by atoms with Gasteiger partial charge in [-0.15, -0.1) is 0 Å². The molecular formula is C13H23N3. The van der Waals surface area contributed by atoms with E-state index in [1.807, 2.05) is 19.2 Å². The largest absolute Gasteiger partial charge is 0.373 e. The van der Waals surface area contributed by atoms with Gasteiger partial charge in [0.2, 0.25) is 0 Å². The van der Waals surface area contributed by atoms with Crippen LogP contribution in [0, 0.1) is 0 Å². The van der Waals surface area contributed by atoms with Gasteiger partial charge in [-0.1, -0.05) is 19.8 Å². The Bertz CT molecular complexity index is 293. The molecule has 16 heavy (non-hydrogen) atoms. The maximum atomic E-state index is 5.76. The summed E-state index contributed by atoms with van der Waals surface area (Å²) in [6.07, 6.45) is 5.69. The first-order valence-corrected chi connectivity index (χ1v) is 6.07. The molecule has 0 amide bonds. The van der Waals surface area contributed by atoms with Crippen molar-refractivity contribution < 1.29 is 0 Å². The van der Waals surface area contributed by atoms with Crippen molar-refractivity contribution in [3.05, 3.63) is 24.0 Å². The van der Waals surface area contributed by atoms with Crippen molar-refractivity contribution in [2.24, 2.45) is 5.73 Å². The van der Waals surface area contributed by atoms with Gasteiger partial charge >= 0.3 is 0 Å². The van der Waals surface area contributed by atoms with Gasteiger partial charge in [0.1, 0.15) is 0 Å². The summed E-state index contributed by atoms with van der Waals surface area (Å²) in [4.78, 5) is 6.60. The lowest BCUT2D eigenvalue weighted by molar-refractivity contribution is 0.703. The van der Waals surface area contributed by atoms with Crippen LogP contribution in [0.15, 0.2) is 18.3 Å². The Morgan fingerprint density at radius 1 is 1.38 bits per heavy atom. The first-order chi connectivity index (χ1) is 7.65. The molecule has 3 heteroatoms. The standard InChI is InChI=1S/C13H23N3/c1-4-5-6-9-16(3)12-7-8-13(11(2)14)15-10-12/h7-8,10-11H,4-6,9,14H2,1-3H3/t11-/m0/s1. The number of anilines is 1. The summed E-state index contributed by atoms with van der Waals surface area (Å²) in [6.45, 7) is 5.26. The minimum Gasteiger partial charge on any atom is -0.373 e. The van der Waals surface area contributed by atoms with Crippen molar-refractivity contribution >= 4 is 5.69 Å². The van der Waals surface area contributed by atoms with Crippen molar-refractivity contribution in [2.45, 2.75) is 39.2 Å². The second-order valence-corrected chi connectivity index (χ2v) is 4.36. The molecule has 1 aromatic rings. The molecule has 1 rings (SSSR count). The van der Waals surface area contributed by atoms with Crippen LogP contribution < -0.4 is 10.6 Å². The van der Waals surface area contributed by atoms with Gasteiger partial charge in [0.05, 0.1) is 17.6 Å². The van der Waals surface area contributed by atoms with Gasteiger partial charge in [-0.25, -0.2) is 0 Å². The van der Waals surface area contributed by atoms with Crippen LogP contribution in [0.5, 0.6) is 0 Å². The van der Waals surface area contributed by atoms with Gasteiger partial charge in [0, 0.05) is 19.6 Å². The van der Waals surface area contributed by atoms with E-state index in [-0.39, 0.29) is 6.04 Å². The third-order valence-electron chi connectivity index (χ3n) is 2.78. The fourth-order valence-corrected chi connectivity index (χ4v) is 1.62. The van der Waals surface area contributed by atoms with Crippen LogP contribution in [-0.2, 0) is 0 Å². The van der Waals surface area contributed by atoms with Gasteiger partial charge in [-0.05, 0) is 25.5 Å². The molecule has 1 aromatic heterocycles. The lowest BCUT2D eigenvalue weighted by atomic mass is 10.2. The Kier molecular flexibility index (Phi) is 5.26. The predicted octanol–water partition coefficient (Wildman–Crippen LogP) is 2.73. The van der Waals surface area contributed by atoms with E-state index in [0.29, 0.717) is 0 Å². The Hall–Kier alpha value is -1.09. The normalized spacial score (nSPS) is 12.5. The van der Waals surface area contributed by atoms with Gasteiger partial charge in [0.25, 0.3) is 0 Å². The molecule has 1 atom stereocenters. The van der Waals surface area contributed by atoms with Gasteiger partial charge in [0.15, 0.2) is 0 Å². The van der Waals surface area contributed by atoms with E-state index in [1.165, 1.54) is 24.9 Å². The lowest BCUT2D eigenvalue weighted by Gasteiger charge is -2.19. The molecule has 1 heterocycles. The summed E-state index contributed by atoms with van der Waals surface area (Å²) in [5.74, 6) is 0. The second kappa shape index (κ2) is 6.48. The molecule has 0 saturated carbocycles. The fraction of sp³-hybridized carbons (Fsp3) is 0.615. The highest BCUT2D eigenvalue weighted by Gasteiger charge is 2.03. The monoisotopic (exact) mass is 221 g/mol. The number of hydrogen-bond acceptors (Lipinski definition) is 3. The minimum atomic E-state index is 0.0134. The number of nitrogens with two attached hydrogens (primary N) is 1. The predicted molar refractivity (Wildman–Crippen MR) is 69.6 cm³/mol. The van der Waals surface area contributed by atoms with Crippen molar-refractivity contribution in [1.82, 2.24) is 4.98 Å². The van der Waals surface area contributed by atoms with Crippen LogP contribution in [0.1, 0.15) is 44.8 Å². The average molecular weight is 221 g/mol. The van der Waals surface area contributed by atoms with E-state index >= 15 is 0 Å². The third kappa shape index (κ3) is 3.81. The zero-order valence-electron chi connectivity index (χ0n) is 10.6. The van der Waals surface area contributed by atoms with E-state index < -0.39 is 0 Å². The summed E-state index contributed by atoms with van der Waals surface area (Å²) >= 11 is 0. The highest BCUT2D eigenvalue weighted by Crippen LogP contribution is 2.14. The maximum Gasteiger partial charge on any atom is 0.0569 e. The van der Waals surface area contributed by atoms with Crippen LogP contribution in [-0.4, -0.2) is 18.6 Å². The van der Waals surface area contributed by atoms with Crippen molar-refractivity contribution in [2.75, 3.05) is 18.5 Å². The number of aromatic nitrogens is 1. The van der Waals surface area contributed by atoms with Crippen molar-refractivity contribution in [3.8, 4) is 0 Å². The molecule has 3 nitrogen and oxygen atoms in total. The maximum absolute atomic E-state index is 5.76. The zero-order chi connectivity index (χ0) is 12.0. The molecular weight excluding hydrogens is 198 g/mol. The fourth-order valence-electron chi connectivity index (χ4n) is 1.62. The van der Waals surface area contributed by atoms with E-state index in [9.17, 15) is 0 Å². The smallest absolute Gasteiger partial charge is 0.0569 e. The summed E-state index contributed by atoms with van der Waals surface area (Å²) in [5, 5.41) is 0. The molecule has 0 unspecified atom stereocenters. The highest BCUT2D eigenvalue weighted by molar-refractivity contribution is 5.43. The number of nitrogens with zero attached hydrogens (tertiary/aromatic N) is 2. The van der Waals surface area contributed by atoms with Crippen LogP contribution in [0.25, 0.3) is 0 Å². The molecule has 2 N–H and O–H groups in total. The number of hydrogen-bond donors (Lipinski definition) is 1. The van der Waals surface area contributed by atoms with Crippen molar-refractivity contribution in [1.29, 1.82) is 0 Å². The molecule has 0 radical (unpaired) electrons. The Morgan fingerprint density at radius 2 is 2.12 bits per heavy atom. The zero-order valence-corrected chi connectivity index (χ0v) is 10.6. The number of unbranched alkanes of at least 4 members (excludes halogenated alkanes) is 2. The molecule has 0 aliphatic rings. The van der Waals surface area contributed by atoms with E-state index in [4.69, 9.17) is 5.73 Å². The van der Waals surface area contributed by atoms with Gasteiger partial charge in [-0.2, -0.15) is 0 Å². The molecule has 0 aromatic carbocycles. The average Bonchev–Trinajstić information content (AvgIpc) is 2.29. The van der Waals surface area contributed by atoms with Gasteiger partial charge < -0.3 is 10.6 Å². The number of rotatable bonds is 6. The van der Waals surface area contributed by atoms with Crippen molar-refractivity contribution in [3.63, 3.8) is 0 Å². The topological polar surface area (TPSA) is 42.1 Å².